The number of ether oxygens (including phenoxy) is 1. The third-order valence-corrected chi connectivity index (χ3v) is 11.5. The Balaban J connectivity index is 0.000000178. The van der Waals surface area contributed by atoms with Crippen LogP contribution in [0.15, 0.2) is 44.0 Å². The first-order valence-corrected chi connectivity index (χ1v) is 16.9. The van der Waals surface area contributed by atoms with Crippen LogP contribution in [-0.2, 0) is 4.74 Å². The number of aliphatic hydroxyl groups excluding tert-OH is 1. The van der Waals surface area contributed by atoms with Crippen molar-refractivity contribution in [3.63, 3.8) is 0 Å². The molecule has 2 aromatic rings. The Morgan fingerprint density at radius 3 is 2.24 bits per heavy atom. The van der Waals surface area contributed by atoms with Gasteiger partial charge in [-0.1, -0.05) is 32.4 Å². The summed E-state index contributed by atoms with van der Waals surface area (Å²) in [5.74, 6) is 2.08. The second-order valence-corrected chi connectivity index (χ2v) is 15.4. The highest BCUT2D eigenvalue weighted by atomic mass is 79.9. The fraction of sp³-hybridized carbons (Fsp3) is 0.633. The Kier molecular flexibility index (Phi) is 12.3. The van der Waals surface area contributed by atoms with Gasteiger partial charge in [-0.05, 0) is 102 Å². The van der Waals surface area contributed by atoms with Gasteiger partial charge in [0.15, 0.2) is 6.29 Å². The molecular formula is C30H42Br2O4S2. The Morgan fingerprint density at radius 2 is 1.71 bits per heavy atom. The van der Waals surface area contributed by atoms with Gasteiger partial charge in [-0.15, -0.1) is 22.7 Å². The van der Waals surface area contributed by atoms with E-state index in [-0.39, 0.29) is 18.3 Å². The van der Waals surface area contributed by atoms with E-state index in [0.717, 1.165) is 57.8 Å². The van der Waals surface area contributed by atoms with E-state index in [2.05, 4.69) is 63.7 Å². The van der Waals surface area contributed by atoms with Crippen molar-refractivity contribution in [3.05, 3.63) is 53.7 Å². The van der Waals surface area contributed by atoms with Gasteiger partial charge in [-0.25, -0.2) is 0 Å². The molecule has 2 aromatic heterocycles. The van der Waals surface area contributed by atoms with Gasteiger partial charge in [0.05, 0.1) is 28.8 Å². The number of halogens is 2. The van der Waals surface area contributed by atoms with Gasteiger partial charge in [0.25, 0.3) is 0 Å². The third-order valence-electron chi connectivity index (χ3n) is 8.11. The molecular weight excluding hydrogens is 648 g/mol. The van der Waals surface area contributed by atoms with E-state index < -0.39 is 5.60 Å². The summed E-state index contributed by atoms with van der Waals surface area (Å²) in [7, 11) is 0. The SMILES string of the molecule is C=C(C)C1CCC(C)CC1O.CC1CCC2C(C1)OC(c1cc(Br)cs1)CC2(C)O.O=Cc1cc(Br)cs1. The van der Waals surface area contributed by atoms with E-state index in [0.29, 0.717) is 23.7 Å². The van der Waals surface area contributed by atoms with E-state index in [1.807, 2.05) is 19.2 Å². The number of carbonyl (C=O) groups is 1. The predicted molar refractivity (Wildman–Crippen MR) is 166 cm³/mol. The zero-order chi connectivity index (χ0) is 28.0. The van der Waals surface area contributed by atoms with Crippen molar-refractivity contribution >= 4 is 60.8 Å². The zero-order valence-electron chi connectivity index (χ0n) is 22.9. The fourth-order valence-electron chi connectivity index (χ4n) is 5.96. The van der Waals surface area contributed by atoms with Gasteiger partial charge in [0, 0.05) is 42.8 Å². The van der Waals surface area contributed by atoms with Crippen LogP contribution in [0.3, 0.4) is 0 Å². The van der Waals surface area contributed by atoms with Crippen molar-refractivity contribution in [3.8, 4) is 0 Å². The molecule has 8 atom stereocenters. The molecule has 5 rings (SSSR count). The number of rotatable bonds is 3. The largest absolute Gasteiger partial charge is 0.392 e. The van der Waals surface area contributed by atoms with Crippen molar-refractivity contribution in [2.75, 3.05) is 0 Å². The molecule has 212 valence electrons. The van der Waals surface area contributed by atoms with Gasteiger partial charge in [-0.3, -0.25) is 4.79 Å². The first kappa shape index (κ1) is 32.2. The quantitative estimate of drug-likeness (QED) is 0.249. The molecule has 8 heteroatoms. The van der Waals surface area contributed by atoms with E-state index in [9.17, 15) is 15.0 Å². The van der Waals surface area contributed by atoms with Crippen LogP contribution < -0.4 is 0 Å². The van der Waals surface area contributed by atoms with Crippen molar-refractivity contribution in [2.45, 2.75) is 96.6 Å². The number of aliphatic hydroxyl groups is 2. The molecule has 0 spiro atoms. The summed E-state index contributed by atoms with van der Waals surface area (Å²) in [4.78, 5) is 12.0. The van der Waals surface area contributed by atoms with Crippen LogP contribution >= 0.6 is 54.5 Å². The minimum atomic E-state index is -0.593. The smallest absolute Gasteiger partial charge is 0.160 e. The maximum atomic E-state index is 10.8. The minimum Gasteiger partial charge on any atom is -0.392 e. The molecule has 0 radical (unpaired) electrons. The molecule has 0 amide bonds. The number of hydrogen-bond donors (Lipinski definition) is 2. The summed E-state index contributed by atoms with van der Waals surface area (Å²) in [6.07, 6.45) is 8.43. The molecule has 3 fully saturated rings. The lowest BCUT2D eigenvalue weighted by atomic mass is 9.69. The summed E-state index contributed by atoms with van der Waals surface area (Å²) in [6, 6.07) is 3.91. The zero-order valence-corrected chi connectivity index (χ0v) is 27.7. The molecule has 8 unspecified atom stereocenters. The van der Waals surface area contributed by atoms with Crippen LogP contribution in [0.1, 0.15) is 93.3 Å². The van der Waals surface area contributed by atoms with Gasteiger partial charge in [-0.2, -0.15) is 0 Å². The van der Waals surface area contributed by atoms with Crippen LogP contribution in [0.25, 0.3) is 0 Å². The summed E-state index contributed by atoms with van der Waals surface area (Å²) in [5, 5.41) is 24.4. The lowest BCUT2D eigenvalue weighted by molar-refractivity contribution is -0.197. The van der Waals surface area contributed by atoms with Gasteiger partial charge < -0.3 is 14.9 Å². The summed E-state index contributed by atoms with van der Waals surface area (Å²) in [5.41, 5.74) is 0.550. The fourth-order valence-corrected chi connectivity index (χ4v) is 8.68. The number of thiophene rings is 2. The van der Waals surface area contributed by atoms with E-state index in [1.165, 1.54) is 29.1 Å². The van der Waals surface area contributed by atoms with E-state index >= 15 is 0 Å². The van der Waals surface area contributed by atoms with Crippen LogP contribution in [0.5, 0.6) is 0 Å². The maximum absolute atomic E-state index is 10.8. The predicted octanol–water partition coefficient (Wildman–Crippen LogP) is 9.21. The summed E-state index contributed by atoms with van der Waals surface area (Å²) < 4.78 is 8.41. The number of fused-ring (bicyclic) bond motifs is 1. The topological polar surface area (TPSA) is 66.8 Å². The Hall–Kier alpha value is -0.350. The standard InChI is InChI=1S/C15H21BrO2S.C10H18O.C5H3BrOS/c1-9-3-4-11-12(5-9)18-13(7-15(11,2)17)14-6-10(16)8-19-14;1-7(2)9-5-4-8(3)6-10(9)11;6-4-1-5(2-7)8-3-4/h6,8-9,11-13,17H,3-5,7H2,1-2H3;8-11H,1,4-6H2,2-3H3;1-3H. The second-order valence-electron chi connectivity index (χ2n) is 11.6. The van der Waals surface area contributed by atoms with Crippen LogP contribution in [0.2, 0.25) is 0 Å². The monoisotopic (exact) mass is 688 g/mol. The molecule has 2 aliphatic carbocycles. The van der Waals surface area contributed by atoms with Gasteiger partial charge in [0.2, 0.25) is 0 Å². The highest BCUT2D eigenvalue weighted by Gasteiger charge is 2.48. The molecule has 4 nitrogen and oxygen atoms in total. The normalized spacial score (nSPS) is 34.6. The lowest BCUT2D eigenvalue weighted by Gasteiger charge is -2.49. The molecule has 1 saturated heterocycles. The number of aldehydes is 1. The highest BCUT2D eigenvalue weighted by molar-refractivity contribution is 9.10. The second kappa shape index (κ2) is 14.5. The minimum absolute atomic E-state index is 0.0536. The van der Waals surface area contributed by atoms with Crippen LogP contribution in [0, 0.1) is 23.7 Å². The molecule has 0 aromatic carbocycles. The summed E-state index contributed by atoms with van der Waals surface area (Å²) in [6.45, 7) is 12.4. The Labute approximate surface area is 253 Å². The maximum Gasteiger partial charge on any atom is 0.160 e. The van der Waals surface area contributed by atoms with Crippen molar-refractivity contribution < 1.29 is 19.7 Å². The van der Waals surface area contributed by atoms with Gasteiger partial charge >= 0.3 is 0 Å². The molecule has 1 aliphatic heterocycles. The Morgan fingerprint density at radius 1 is 1.08 bits per heavy atom. The molecule has 38 heavy (non-hydrogen) atoms. The molecule has 0 bridgehead atoms. The van der Waals surface area contributed by atoms with Crippen molar-refractivity contribution in [1.82, 2.24) is 0 Å². The van der Waals surface area contributed by atoms with Gasteiger partial charge in [0.1, 0.15) is 0 Å². The Bertz CT molecular complexity index is 1050. The first-order chi connectivity index (χ1) is 17.9. The first-order valence-electron chi connectivity index (χ1n) is 13.5. The van der Waals surface area contributed by atoms with E-state index in [4.69, 9.17) is 4.74 Å². The average molecular weight is 691 g/mol. The molecule has 3 heterocycles. The van der Waals surface area contributed by atoms with E-state index in [1.54, 1.807) is 17.4 Å². The van der Waals surface area contributed by atoms with Crippen LogP contribution in [-0.4, -0.2) is 34.3 Å². The molecule has 2 N–H and O–H groups in total. The van der Waals surface area contributed by atoms with Crippen LogP contribution in [0.4, 0.5) is 0 Å². The molecule has 3 aliphatic rings. The number of carbonyl (C=O) groups excluding carboxylic acids is 1. The third kappa shape index (κ3) is 9.08. The lowest BCUT2D eigenvalue weighted by Crippen LogP contribution is -2.51. The summed E-state index contributed by atoms with van der Waals surface area (Å²) >= 11 is 9.87. The average Bonchev–Trinajstić information content (AvgIpc) is 3.46. The highest BCUT2D eigenvalue weighted by Crippen LogP contribution is 2.48. The van der Waals surface area contributed by atoms with Crippen molar-refractivity contribution in [1.29, 1.82) is 0 Å². The molecule has 2 saturated carbocycles. The number of hydrogen-bond acceptors (Lipinski definition) is 6. The van der Waals surface area contributed by atoms with Crippen molar-refractivity contribution in [2.24, 2.45) is 23.7 Å².